The van der Waals surface area contributed by atoms with Gasteiger partial charge in [-0.25, -0.2) is 4.39 Å². The molecule has 2 N–H and O–H groups in total. The molecular formula is C21H16FNO4. The number of aliphatic hydroxyl groups is 1. The number of rotatable bonds is 6. The molecule has 27 heavy (non-hydrogen) atoms. The fraction of sp³-hybridized carbons (Fsp3) is 0.0476. The summed E-state index contributed by atoms with van der Waals surface area (Å²) in [6.07, 6.45) is 1.19. The van der Waals surface area contributed by atoms with Gasteiger partial charge in [0, 0.05) is 18.2 Å². The second-order valence-electron chi connectivity index (χ2n) is 5.78. The number of anilines is 1. The summed E-state index contributed by atoms with van der Waals surface area (Å²) in [5, 5.41) is 12.3. The molecule has 0 aliphatic rings. The van der Waals surface area contributed by atoms with E-state index in [4.69, 9.17) is 4.42 Å². The molecule has 0 fully saturated rings. The highest BCUT2D eigenvalue weighted by molar-refractivity contribution is 6.10. The minimum Gasteiger partial charge on any atom is -0.503 e. The Balaban J connectivity index is 1.65. The highest BCUT2D eigenvalue weighted by atomic mass is 19.1. The number of hydrogen-bond donors (Lipinski definition) is 2. The summed E-state index contributed by atoms with van der Waals surface area (Å²) < 4.78 is 18.4. The van der Waals surface area contributed by atoms with E-state index in [1.165, 1.54) is 18.2 Å². The van der Waals surface area contributed by atoms with Crippen molar-refractivity contribution in [3.05, 3.63) is 101 Å². The van der Waals surface area contributed by atoms with Crippen molar-refractivity contribution in [1.82, 2.24) is 0 Å². The lowest BCUT2D eigenvalue weighted by Gasteiger charge is -2.03. The highest BCUT2D eigenvalue weighted by Gasteiger charge is 2.14. The first-order chi connectivity index (χ1) is 13.0. The summed E-state index contributed by atoms with van der Waals surface area (Å²) in [6, 6.07) is 17.6. The molecule has 3 rings (SSSR count). The maximum atomic E-state index is 12.9. The minimum atomic E-state index is -0.798. The van der Waals surface area contributed by atoms with Crippen LogP contribution >= 0.6 is 0 Å². The van der Waals surface area contributed by atoms with Gasteiger partial charge >= 0.3 is 0 Å². The van der Waals surface area contributed by atoms with E-state index in [0.717, 1.165) is 11.6 Å². The van der Waals surface area contributed by atoms with Gasteiger partial charge in [0.25, 0.3) is 5.91 Å². The quantitative estimate of drug-likeness (QED) is 0.388. The van der Waals surface area contributed by atoms with Crippen molar-refractivity contribution in [3.8, 4) is 0 Å². The van der Waals surface area contributed by atoms with E-state index in [9.17, 15) is 19.1 Å². The highest BCUT2D eigenvalue weighted by Crippen LogP contribution is 2.15. The van der Waals surface area contributed by atoms with Crippen LogP contribution < -0.4 is 5.32 Å². The first kappa shape index (κ1) is 18.1. The first-order valence-corrected chi connectivity index (χ1v) is 8.16. The van der Waals surface area contributed by atoms with E-state index in [0.29, 0.717) is 17.9 Å². The number of benzene rings is 2. The number of furan rings is 1. The van der Waals surface area contributed by atoms with E-state index in [2.05, 4.69) is 5.32 Å². The standard InChI is InChI=1S/C21H16FNO4/c22-15-8-6-14(7-9-15)12-17-10-11-20(27-17)18(24)13-19(25)21(26)23-16-4-2-1-3-5-16/h1-11,13,25H,12H2,(H,23,26). The number of carbonyl (C=O) groups is 2. The smallest absolute Gasteiger partial charge is 0.290 e. The molecule has 0 aliphatic heterocycles. The van der Waals surface area contributed by atoms with Gasteiger partial charge in [-0.15, -0.1) is 0 Å². The average Bonchev–Trinajstić information content (AvgIpc) is 3.13. The van der Waals surface area contributed by atoms with Crippen LogP contribution in [0.3, 0.4) is 0 Å². The largest absolute Gasteiger partial charge is 0.503 e. The fourth-order valence-electron chi connectivity index (χ4n) is 2.39. The molecule has 0 saturated carbocycles. The molecule has 1 amide bonds. The maximum absolute atomic E-state index is 12.9. The Labute approximate surface area is 154 Å². The van der Waals surface area contributed by atoms with Gasteiger partial charge in [0.1, 0.15) is 11.6 Å². The monoisotopic (exact) mass is 365 g/mol. The van der Waals surface area contributed by atoms with Crippen LogP contribution in [0.2, 0.25) is 0 Å². The molecule has 0 bridgehead atoms. The van der Waals surface area contributed by atoms with Crippen LogP contribution in [0.5, 0.6) is 0 Å². The van der Waals surface area contributed by atoms with Crippen molar-refractivity contribution in [1.29, 1.82) is 0 Å². The van der Waals surface area contributed by atoms with Gasteiger partial charge in [-0.05, 0) is 42.0 Å². The van der Waals surface area contributed by atoms with Gasteiger partial charge in [0.15, 0.2) is 11.5 Å². The van der Waals surface area contributed by atoms with E-state index in [1.807, 2.05) is 0 Å². The second kappa shape index (κ2) is 8.14. The van der Waals surface area contributed by atoms with Crippen LogP contribution in [-0.4, -0.2) is 16.8 Å². The Morgan fingerprint density at radius 2 is 1.70 bits per heavy atom. The normalized spacial score (nSPS) is 11.2. The third-order valence-electron chi connectivity index (χ3n) is 3.73. The number of hydrogen-bond acceptors (Lipinski definition) is 4. The number of amides is 1. The van der Waals surface area contributed by atoms with Gasteiger partial charge in [-0.1, -0.05) is 30.3 Å². The number of aliphatic hydroxyl groups excluding tert-OH is 1. The van der Waals surface area contributed by atoms with Crippen LogP contribution in [0.1, 0.15) is 21.9 Å². The van der Waals surface area contributed by atoms with Crippen LogP contribution in [0.25, 0.3) is 0 Å². The van der Waals surface area contributed by atoms with Crippen LogP contribution in [-0.2, 0) is 11.2 Å². The lowest BCUT2D eigenvalue weighted by molar-refractivity contribution is -0.115. The summed E-state index contributed by atoms with van der Waals surface area (Å²) in [5.74, 6) is -1.99. The van der Waals surface area contributed by atoms with Gasteiger partial charge in [-0.2, -0.15) is 0 Å². The SMILES string of the molecule is O=C(Nc1ccccc1)C(O)=CC(=O)c1ccc(Cc2ccc(F)cc2)o1. The van der Waals surface area contributed by atoms with Gasteiger partial charge < -0.3 is 14.8 Å². The molecule has 0 unspecified atom stereocenters. The molecule has 0 radical (unpaired) electrons. The van der Waals surface area contributed by atoms with E-state index < -0.39 is 17.4 Å². The molecule has 6 heteroatoms. The van der Waals surface area contributed by atoms with Crippen molar-refractivity contribution in [2.45, 2.75) is 6.42 Å². The van der Waals surface area contributed by atoms with Crippen molar-refractivity contribution >= 4 is 17.4 Å². The molecule has 136 valence electrons. The first-order valence-electron chi connectivity index (χ1n) is 8.16. The zero-order valence-corrected chi connectivity index (χ0v) is 14.2. The Morgan fingerprint density at radius 3 is 2.41 bits per heavy atom. The molecular weight excluding hydrogens is 349 g/mol. The van der Waals surface area contributed by atoms with Gasteiger partial charge in [-0.3, -0.25) is 9.59 Å². The molecule has 0 spiro atoms. The molecule has 1 aromatic heterocycles. The summed E-state index contributed by atoms with van der Waals surface area (Å²) in [4.78, 5) is 24.1. The number of carbonyl (C=O) groups excluding carboxylic acids is 2. The lowest BCUT2D eigenvalue weighted by atomic mass is 10.1. The minimum absolute atomic E-state index is 0.00817. The third kappa shape index (κ3) is 4.92. The number of para-hydroxylation sites is 1. The van der Waals surface area contributed by atoms with Crippen LogP contribution in [0.4, 0.5) is 10.1 Å². The Kier molecular flexibility index (Phi) is 5.47. The number of nitrogens with one attached hydrogen (secondary N) is 1. The van der Waals surface area contributed by atoms with E-state index >= 15 is 0 Å². The predicted octanol–water partition coefficient (Wildman–Crippen LogP) is 4.27. The molecule has 5 nitrogen and oxygen atoms in total. The number of halogens is 1. The molecule has 0 saturated heterocycles. The summed E-state index contributed by atoms with van der Waals surface area (Å²) >= 11 is 0. The predicted molar refractivity (Wildman–Crippen MR) is 98.0 cm³/mol. The summed E-state index contributed by atoms with van der Waals surface area (Å²) in [5.41, 5.74) is 1.32. The van der Waals surface area contributed by atoms with E-state index in [-0.39, 0.29) is 11.6 Å². The molecule has 1 heterocycles. The lowest BCUT2D eigenvalue weighted by Crippen LogP contribution is -2.15. The van der Waals surface area contributed by atoms with Crippen molar-refractivity contribution in [3.63, 3.8) is 0 Å². The van der Waals surface area contributed by atoms with E-state index in [1.54, 1.807) is 48.5 Å². The van der Waals surface area contributed by atoms with Crippen LogP contribution in [0.15, 0.2) is 83.0 Å². The molecule has 3 aromatic rings. The maximum Gasteiger partial charge on any atom is 0.290 e. The zero-order chi connectivity index (χ0) is 19.2. The van der Waals surface area contributed by atoms with Crippen molar-refractivity contribution < 1.29 is 23.5 Å². The Morgan fingerprint density at radius 1 is 1.00 bits per heavy atom. The molecule has 0 atom stereocenters. The fourth-order valence-corrected chi connectivity index (χ4v) is 2.39. The number of allylic oxidation sites excluding steroid dienone is 1. The number of ketones is 1. The molecule has 2 aromatic carbocycles. The summed E-state index contributed by atoms with van der Waals surface area (Å²) in [6.45, 7) is 0. The van der Waals surface area contributed by atoms with Crippen molar-refractivity contribution in [2.24, 2.45) is 0 Å². The van der Waals surface area contributed by atoms with Crippen LogP contribution in [0, 0.1) is 5.82 Å². The average molecular weight is 365 g/mol. The second-order valence-corrected chi connectivity index (χ2v) is 5.78. The molecule has 0 aliphatic carbocycles. The van der Waals surface area contributed by atoms with Gasteiger partial charge in [0.2, 0.25) is 5.78 Å². The Bertz CT molecular complexity index is 975. The Hall–Kier alpha value is -3.67. The van der Waals surface area contributed by atoms with Gasteiger partial charge in [0.05, 0.1) is 0 Å². The topological polar surface area (TPSA) is 79.5 Å². The van der Waals surface area contributed by atoms with Crippen molar-refractivity contribution in [2.75, 3.05) is 5.32 Å². The summed E-state index contributed by atoms with van der Waals surface area (Å²) in [7, 11) is 0. The third-order valence-corrected chi connectivity index (χ3v) is 3.73. The zero-order valence-electron chi connectivity index (χ0n) is 14.2.